The summed E-state index contributed by atoms with van der Waals surface area (Å²) in [6, 6.07) is 15.0. The number of nitrogens with zero attached hydrogens (tertiary/aromatic N) is 3. The van der Waals surface area contributed by atoms with E-state index in [1.807, 2.05) is 55.5 Å². The summed E-state index contributed by atoms with van der Waals surface area (Å²) in [6.07, 6.45) is 0. The maximum absolute atomic E-state index is 5.92. The first-order valence-corrected chi connectivity index (χ1v) is 8.86. The molecule has 0 heterocycles. The van der Waals surface area contributed by atoms with Gasteiger partial charge in [-0.25, -0.2) is 5.48 Å². The third-order valence-electron chi connectivity index (χ3n) is 3.79. The minimum atomic E-state index is 0.244. The van der Waals surface area contributed by atoms with Gasteiger partial charge in [0.15, 0.2) is 11.5 Å². The van der Waals surface area contributed by atoms with Gasteiger partial charge in [-0.15, -0.1) is 0 Å². The van der Waals surface area contributed by atoms with Gasteiger partial charge in [0, 0.05) is 23.2 Å². The molecule has 2 aromatic rings. The summed E-state index contributed by atoms with van der Waals surface area (Å²) in [5, 5.41) is 8.96. The van der Waals surface area contributed by atoms with Gasteiger partial charge in [0.1, 0.15) is 13.7 Å². The van der Waals surface area contributed by atoms with E-state index in [2.05, 4.69) is 20.8 Å². The molecule has 0 saturated carbocycles. The zero-order chi connectivity index (χ0) is 20.4. The van der Waals surface area contributed by atoms with Crippen LogP contribution in [0.2, 0.25) is 5.02 Å². The first-order valence-electron chi connectivity index (χ1n) is 8.48. The molecule has 0 aromatic heterocycles. The van der Waals surface area contributed by atoms with Crippen molar-refractivity contribution < 1.29 is 14.5 Å². The third-order valence-corrected chi connectivity index (χ3v) is 4.04. The molecular formula is C20H23ClN4O3. The zero-order valence-corrected chi connectivity index (χ0v) is 17.0. The number of oxime groups is 2. The number of hydrogen-bond donors (Lipinski definition) is 1. The summed E-state index contributed by atoms with van der Waals surface area (Å²) in [5.74, 6) is 0.428. The fourth-order valence-corrected chi connectivity index (χ4v) is 2.55. The van der Waals surface area contributed by atoms with Crippen molar-refractivity contribution >= 4 is 28.9 Å². The van der Waals surface area contributed by atoms with Gasteiger partial charge in [-0.1, -0.05) is 58.3 Å². The van der Waals surface area contributed by atoms with Crippen LogP contribution in [0.3, 0.4) is 0 Å². The third kappa shape index (κ3) is 5.80. The van der Waals surface area contributed by atoms with Crippen molar-refractivity contribution in [2.45, 2.75) is 13.5 Å². The number of amidine groups is 1. The molecule has 0 aliphatic heterocycles. The minimum absolute atomic E-state index is 0.244. The van der Waals surface area contributed by atoms with Crippen LogP contribution >= 0.6 is 11.6 Å². The van der Waals surface area contributed by atoms with Crippen molar-refractivity contribution in [3.63, 3.8) is 0 Å². The first kappa shape index (κ1) is 21.4. The molecule has 0 amide bonds. The summed E-state index contributed by atoms with van der Waals surface area (Å²) >= 11 is 5.92. The van der Waals surface area contributed by atoms with Crippen LogP contribution in [-0.4, -0.2) is 38.5 Å². The Labute approximate surface area is 169 Å². The zero-order valence-electron chi connectivity index (χ0n) is 16.3. The second kappa shape index (κ2) is 11.1. The molecule has 0 spiro atoms. The lowest BCUT2D eigenvalue weighted by Crippen LogP contribution is -2.32. The Kier molecular flexibility index (Phi) is 8.45. The molecule has 0 unspecified atom stereocenters. The van der Waals surface area contributed by atoms with Crippen LogP contribution in [0.1, 0.15) is 23.6 Å². The predicted molar refractivity (Wildman–Crippen MR) is 112 cm³/mol. The number of benzene rings is 2. The summed E-state index contributed by atoms with van der Waals surface area (Å²) in [6.45, 7) is 2.12. The second-order valence-electron chi connectivity index (χ2n) is 5.62. The monoisotopic (exact) mass is 402 g/mol. The van der Waals surface area contributed by atoms with E-state index in [1.165, 1.54) is 14.2 Å². The van der Waals surface area contributed by atoms with Gasteiger partial charge in [-0.05, 0) is 24.6 Å². The molecule has 0 aliphatic carbocycles. The minimum Gasteiger partial charge on any atom is -0.399 e. The quantitative estimate of drug-likeness (QED) is 0.414. The second-order valence-corrected chi connectivity index (χ2v) is 6.05. The maximum atomic E-state index is 5.92. The van der Waals surface area contributed by atoms with Crippen LogP contribution in [0.5, 0.6) is 0 Å². The highest BCUT2D eigenvalue weighted by molar-refractivity contribution is 6.47. The van der Waals surface area contributed by atoms with Crippen LogP contribution in [0.25, 0.3) is 0 Å². The Morgan fingerprint density at radius 3 is 2.39 bits per heavy atom. The summed E-state index contributed by atoms with van der Waals surface area (Å²) in [4.78, 5) is 19.7. The van der Waals surface area contributed by atoms with E-state index in [-0.39, 0.29) is 6.61 Å². The number of halogens is 1. The predicted octanol–water partition coefficient (Wildman–Crippen LogP) is 3.81. The van der Waals surface area contributed by atoms with E-state index in [0.717, 1.165) is 22.4 Å². The number of hydroxylamine groups is 1. The van der Waals surface area contributed by atoms with E-state index in [1.54, 1.807) is 7.05 Å². The molecule has 1 N–H and O–H groups in total. The fraction of sp³-hybridized carbons (Fsp3) is 0.250. The Bertz CT molecular complexity index is 864. The molecule has 2 rings (SSSR count). The Morgan fingerprint density at radius 2 is 1.75 bits per heavy atom. The van der Waals surface area contributed by atoms with Crippen molar-refractivity contribution in [3.8, 4) is 0 Å². The van der Waals surface area contributed by atoms with Crippen molar-refractivity contribution in [1.82, 2.24) is 5.48 Å². The van der Waals surface area contributed by atoms with Gasteiger partial charge in [0.2, 0.25) is 0 Å². The van der Waals surface area contributed by atoms with E-state index in [0.29, 0.717) is 16.6 Å². The van der Waals surface area contributed by atoms with E-state index in [4.69, 9.17) is 26.1 Å². The van der Waals surface area contributed by atoms with Gasteiger partial charge in [-0.2, -0.15) is 0 Å². The molecule has 28 heavy (non-hydrogen) atoms. The Morgan fingerprint density at radius 1 is 1.04 bits per heavy atom. The molecule has 0 aliphatic rings. The van der Waals surface area contributed by atoms with Gasteiger partial charge in [-0.3, -0.25) is 9.83 Å². The van der Waals surface area contributed by atoms with E-state index >= 15 is 0 Å². The molecule has 148 valence electrons. The number of nitrogens with one attached hydrogen (secondary N) is 1. The highest BCUT2D eigenvalue weighted by Crippen LogP contribution is 2.14. The lowest BCUT2D eigenvalue weighted by atomic mass is 10.0. The smallest absolute Gasteiger partial charge is 0.175 e. The standard InChI is InChI=1S/C20H23ClN4O3/c1-14(15-9-11-17(21)12-10-15)23-28-13-16-7-5-6-8-18(16)19(24-26-3)20(22-2)25-27-4/h5-12H,13H2,1-4H3,(H,22,25). The van der Waals surface area contributed by atoms with Crippen molar-refractivity contribution in [3.05, 3.63) is 70.2 Å². The molecule has 7 nitrogen and oxygen atoms in total. The van der Waals surface area contributed by atoms with Crippen molar-refractivity contribution in [2.24, 2.45) is 15.3 Å². The molecule has 0 fully saturated rings. The van der Waals surface area contributed by atoms with E-state index in [9.17, 15) is 0 Å². The van der Waals surface area contributed by atoms with Gasteiger partial charge in [0.25, 0.3) is 0 Å². The van der Waals surface area contributed by atoms with Gasteiger partial charge >= 0.3 is 0 Å². The topological polar surface area (TPSA) is 76.8 Å². The molecular weight excluding hydrogens is 380 g/mol. The molecule has 0 saturated heterocycles. The average molecular weight is 403 g/mol. The molecule has 0 atom stereocenters. The molecule has 2 aromatic carbocycles. The summed E-state index contributed by atoms with van der Waals surface area (Å²) in [7, 11) is 4.60. The van der Waals surface area contributed by atoms with Crippen LogP contribution in [0.15, 0.2) is 63.8 Å². The fourth-order valence-electron chi connectivity index (χ4n) is 2.43. The SMILES string of the molecule is CN=C(NOC)C(=NOC)c1ccccc1CON=C(C)c1ccc(Cl)cc1. The highest BCUT2D eigenvalue weighted by atomic mass is 35.5. The number of aliphatic imine (C=N–C) groups is 1. The lowest BCUT2D eigenvalue weighted by molar-refractivity contribution is 0.130. The average Bonchev–Trinajstić information content (AvgIpc) is 2.71. The first-order chi connectivity index (χ1) is 13.6. The van der Waals surface area contributed by atoms with Crippen LogP contribution in [0.4, 0.5) is 0 Å². The van der Waals surface area contributed by atoms with Crippen molar-refractivity contribution in [2.75, 3.05) is 21.3 Å². The van der Waals surface area contributed by atoms with Gasteiger partial charge in [0.05, 0.1) is 12.8 Å². The highest BCUT2D eigenvalue weighted by Gasteiger charge is 2.16. The molecule has 0 radical (unpaired) electrons. The molecule has 8 heteroatoms. The largest absolute Gasteiger partial charge is 0.399 e. The van der Waals surface area contributed by atoms with Crippen LogP contribution < -0.4 is 5.48 Å². The van der Waals surface area contributed by atoms with Crippen molar-refractivity contribution in [1.29, 1.82) is 0 Å². The summed E-state index contributed by atoms with van der Waals surface area (Å²) < 4.78 is 0. The van der Waals surface area contributed by atoms with Crippen LogP contribution in [0, 0.1) is 0 Å². The Balaban J connectivity index is 2.22. The van der Waals surface area contributed by atoms with E-state index < -0.39 is 0 Å². The summed E-state index contributed by atoms with van der Waals surface area (Å²) in [5.41, 5.74) is 6.53. The lowest BCUT2D eigenvalue weighted by Gasteiger charge is -2.13. The maximum Gasteiger partial charge on any atom is 0.175 e. The van der Waals surface area contributed by atoms with Crippen LogP contribution in [-0.2, 0) is 21.1 Å². The number of rotatable bonds is 8. The molecule has 0 bridgehead atoms. The number of hydrogen-bond acceptors (Lipinski definition) is 6. The normalized spacial score (nSPS) is 12.7. The van der Waals surface area contributed by atoms with Gasteiger partial charge < -0.3 is 9.68 Å². The Hall–Kier alpha value is -2.90.